The highest BCUT2D eigenvalue weighted by Crippen LogP contribution is 2.40. The van der Waals surface area contributed by atoms with Crippen molar-refractivity contribution in [1.82, 2.24) is 15.0 Å². The Morgan fingerprint density at radius 3 is 2.31 bits per heavy atom. The van der Waals surface area contributed by atoms with Crippen LogP contribution in [0.1, 0.15) is 6.92 Å². The van der Waals surface area contributed by atoms with Gasteiger partial charge in [-0.3, -0.25) is 0 Å². The summed E-state index contributed by atoms with van der Waals surface area (Å²) in [5, 5.41) is 0.657. The van der Waals surface area contributed by atoms with E-state index < -0.39 is 0 Å². The number of hydrogen-bond acceptors (Lipinski definition) is 8. The molecule has 0 atom stereocenters. The molecule has 4 rings (SSSR count). The van der Waals surface area contributed by atoms with Crippen LogP contribution in [-0.4, -0.2) is 42.9 Å². The summed E-state index contributed by atoms with van der Waals surface area (Å²) in [6, 6.07) is 13.2. The summed E-state index contributed by atoms with van der Waals surface area (Å²) < 4.78 is 22.2. The van der Waals surface area contributed by atoms with Crippen LogP contribution in [0.15, 0.2) is 48.8 Å². The summed E-state index contributed by atoms with van der Waals surface area (Å²) in [6.45, 7) is 2.46. The zero-order valence-electron chi connectivity index (χ0n) is 18.4. The fourth-order valence-electron chi connectivity index (χ4n) is 3.58. The number of nitrogens with two attached hydrogens (primary N) is 1. The normalized spacial score (nSPS) is 10.8. The Hall–Kier alpha value is -4.07. The fourth-order valence-corrected chi connectivity index (χ4v) is 3.58. The van der Waals surface area contributed by atoms with Gasteiger partial charge in [0.25, 0.3) is 0 Å². The highest BCUT2D eigenvalue weighted by Gasteiger charge is 2.18. The first-order chi connectivity index (χ1) is 15.6. The Kier molecular flexibility index (Phi) is 5.93. The van der Waals surface area contributed by atoms with Crippen molar-refractivity contribution in [3.05, 3.63) is 48.8 Å². The minimum atomic E-state index is 0.342. The minimum Gasteiger partial charge on any atom is -0.497 e. The van der Waals surface area contributed by atoms with Crippen LogP contribution in [-0.2, 0) is 0 Å². The molecule has 2 aromatic carbocycles. The van der Waals surface area contributed by atoms with Crippen LogP contribution >= 0.6 is 0 Å². The van der Waals surface area contributed by atoms with Crippen LogP contribution in [0.5, 0.6) is 23.0 Å². The van der Waals surface area contributed by atoms with Gasteiger partial charge in [-0.15, -0.1) is 0 Å². The maximum atomic E-state index is 6.24. The minimum absolute atomic E-state index is 0.342. The molecule has 2 heterocycles. The molecular formula is C24H24N4O4. The predicted octanol–water partition coefficient (Wildman–Crippen LogP) is 4.37. The maximum absolute atomic E-state index is 6.24. The van der Waals surface area contributed by atoms with E-state index in [1.54, 1.807) is 21.3 Å². The molecule has 0 amide bonds. The molecule has 0 saturated heterocycles. The molecule has 0 aliphatic carbocycles. The van der Waals surface area contributed by atoms with Crippen molar-refractivity contribution in [2.24, 2.45) is 0 Å². The van der Waals surface area contributed by atoms with Crippen molar-refractivity contribution in [2.75, 3.05) is 33.7 Å². The number of aromatic nitrogens is 3. The second kappa shape index (κ2) is 8.97. The van der Waals surface area contributed by atoms with E-state index in [-0.39, 0.29) is 0 Å². The van der Waals surface area contributed by atoms with Gasteiger partial charge >= 0.3 is 0 Å². The number of fused-ring (bicyclic) bond motifs is 1. The molecule has 0 saturated carbocycles. The zero-order chi connectivity index (χ0) is 22.7. The average molecular weight is 432 g/mol. The molecule has 32 heavy (non-hydrogen) atoms. The third-order valence-corrected chi connectivity index (χ3v) is 5.09. The van der Waals surface area contributed by atoms with E-state index in [9.17, 15) is 0 Å². The Morgan fingerprint density at radius 2 is 1.59 bits per heavy atom. The molecule has 0 spiro atoms. The van der Waals surface area contributed by atoms with Gasteiger partial charge in [0, 0.05) is 5.56 Å². The fraction of sp³-hybridized carbons (Fsp3) is 0.208. The first-order valence-corrected chi connectivity index (χ1v) is 10.0. The van der Waals surface area contributed by atoms with Crippen LogP contribution in [0, 0.1) is 0 Å². The second-order valence-corrected chi connectivity index (χ2v) is 6.88. The number of nitrogen functional groups attached to an aromatic ring is 1. The average Bonchev–Trinajstić information content (AvgIpc) is 2.83. The van der Waals surface area contributed by atoms with E-state index in [1.807, 2.05) is 49.4 Å². The van der Waals surface area contributed by atoms with Crippen LogP contribution < -0.4 is 24.7 Å². The first kappa shape index (κ1) is 21.2. The molecule has 0 aliphatic rings. The van der Waals surface area contributed by atoms with Gasteiger partial charge in [-0.05, 0) is 54.4 Å². The number of ether oxygens (including phenoxy) is 4. The van der Waals surface area contributed by atoms with E-state index in [4.69, 9.17) is 29.7 Å². The van der Waals surface area contributed by atoms with Crippen molar-refractivity contribution >= 4 is 16.9 Å². The largest absolute Gasteiger partial charge is 0.497 e. The SMILES string of the molecule is CCOc1ccc(-c2cc(-c3cc(OC)ccc3OC)nc3ncnc(N)c23)cc1OC. The van der Waals surface area contributed by atoms with E-state index in [1.165, 1.54) is 6.33 Å². The molecule has 0 fully saturated rings. The molecule has 2 aromatic heterocycles. The topological polar surface area (TPSA) is 102 Å². The highest BCUT2D eigenvalue weighted by molar-refractivity contribution is 6.01. The van der Waals surface area contributed by atoms with Crippen LogP contribution in [0.4, 0.5) is 5.82 Å². The monoisotopic (exact) mass is 432 g/mol. The molecule has 0 bridgehead atoms. The Balaban J connectivity index is 2.00. The lowest BCUT2D eigenvalue weighted by molar-refractivity contribution is 0.311. The summed E-state index contributed by atoms with van der Waals surface area (Å²) >= 11 is 0. The molecule has 0 aliphatic heterocycles. The lowest BCUT2D eigenvalue weighted by Gasteiger charge is -2.15. The van der Waals surface area contributed by atoms with Crippen molar-refractivity contribution in [3.63, 3.8) is 0 Å². The number of pyridine rings is 1. The Morgan fingerprint density at radius 1 is 0.812 bits per heavy atom. The van der Waals surface area contributed by atoms with Crippen LogP contribution in [0.3, 0.4) is 0 Å². The van der Waals surface area contributed by atoms with Gasteiger partial charge in [0.1, 0.15) is 23.6 Å². The van der Waals surface area contributed by atoms with Crippen molar-refractivity contribution in [3.8, 4) is 45.4 Å². The smallest absolute Gasteiger partial charge is 0.165 e. The number of benzene rings is 2. The van der Waals surface area contributed by atoms with Gasteiger partial charge in [0.15, 0.2) is 17.1 Å². The molecule has 164 valence electrons. The molecule has 2 N–H and O–H groups in total. The summed E-state index contributed by atoms with van der Waals surface area (Å²) in [5.74, 6) is 2.97. The zero-order valence-corrected chi connectivity index (χ0v) is 18.4. The van der Waals surface area contributed by atoms with Gasteiger partial charge in [0.2, 0.25) is 0 Å². The molecular weight excluding hydrogens is 408 g/mol. The van der Waals surface area contributed by atoms with Crippen molar-refractivity contribution < 1.29 is 18.9 Å². The predicted molar refractivity (Wildman–Crippen MR) is 123 cm³/mol. The Bertz CT molecular complexity index is 1280. The number of hydrogen-bond donors (Lipinski definition) is 1. The van der Waals surface area contributed by atoms with Gasteiger partial charge in [-0.2, -0.15) is 0 Å². The molecule has 4 aromatic rings. The van der Waals surface area contributed by atoms with Crippen molar-refractivity contribution in [2.45, 2.75) is 6.92 Å². The van der Waals surface area contributed by atoms with E-state index in [2.05, 4.69) is 9.97 Å². The summed E-state index contributed by atoms with van der Waals surface area (Å²) in [5.41, 5.74) is 9.82. The maximum Gasteiger partial charge on any atom is 0.165 e. The van der Waals surface area contributed by atoms with Crippen molar-refractivity contribution in [1.29, 1.82) is 0 Å². The highest BCUT2D eigenvalue weighted by atomic mass is 16.5. The number of nitrogens with zero attached hydrogens (tertiary/aromatic N) is 3. The van der Waals surface area contributed by atoms with Gasteiger partial charge in [-0.25, -0.2) is 15.0 Å². The summed E-state index contributed by atoms with van der Waals surface area (Å²) in [4.78, 5) is 13.3. The van der Waals surface area contributed by atoms with E-state index in [0.717, 1.165) is 16.7 Å². The quantitative estimate of drug-likeness (QED) is 0.459. The Labute approximate surface area is 186 Å². The van der Waals surface area contributed by atoms with E-state index >= 15 is 0 Å². The van der Waals surface area contributed by atoms with Crippen LogP contribution in [0.2, 0.25) is 0 Å². The standard InChI is InChI=1S/C24H24N4O4/c1-5-32-20-8-6-14(10-21(20)31-4)16-12-18(28-24-22(16)23(25)26-13-27-24)17-11-15(29-2)7-9-19(17)30-3/h6-13H,5H2,1-4H3,(H2,25,26,27,28). The van der Waals surface area contributed by atoms with Gasteiger partial charge in [0.05, 0.1) is 39.0 Å². The number of methoxy groups -OCH3 is 3. The molecule has 8 heteroatoms. The first-order valence-electron chi connectivity index (χ1n) is 10.0. The van der Waals surface area contributed by atoms with Crippen LogP contribution in [0.25, 0.3) is 33.4 Å². The second-order valence-electron chi connectivity index (χ2n) is 6.88. The lowest BCUT2D eigenvalue weighted by Crippen LogP contribution is -2.00. The molecule has 8 nitrogen and oxygen atoms in total. The molecule has 0 unspecified atom stereocenters. The summed E-state index contributed by atoms with van der Waals surface area (Å²) in [7, 11) is 4.84. The number of anilines is 1. The van der Waals surface area contributed by atoms with Gasteiger partial charge < -0.3 is 24.7 Å². The van der Waals surface area contributed by atoms with E-state index in [0.29, 0.717) is 52.2 Å². The third-order valence-electron chi connectivity index (χ3n) is 5.09. The third kappa shape index (κ3) is 3.82. The molecule has 0 radical (unpaired) electrons. The lowest BCUT2D eigenvalue weighted by atomic mass is 9.99. The summed E-state index contributed by atoms with van der Waals surface area (Å²) in [6.07, 6.45) is 1.40. The number of rotatable bonds is 7. The van der Waals surface area contributed by atoms with Gasteiger partial charge in [-0.1, -0.05) is 6.07 Å².